The third kappa shape index (κ3) is 4.78. The fourth-order valence-electron chi connectivity index (χ4n) is 2.98. The second kappa shape index (κ2) is 8.12. The van der Waals surface area contributed by atoms with Crippen molar-refractivity contribution in [3.63, 3.8) is 0 Å². The molecular formula is C19H19F3N2OS. The van der Waals surface area contributed by atoms with Gasteiger partial charge < -0.3 is 5.32 Å². The van der Waals surface area contributed by atoms with E-state index >= 15 is 0 Å². The van der Waals surface area contributed by atoms with Crippen LogP contribution in [-0.2, 0) is 11.0 Å². The molecular weight excluding hydrogens is 361 g/mol. The van der Waals surface area contributed by atoms with E-state index in [0.717, 1.165) is 37.8 Å². The molecule has 0 radical (unpaired) electrons. The monoisotopic (exact) mass is 380 g/mol. The number of carbonyl (C=O) groups is 1. The van der Waals surface area contributed by atoms with Gasteiger partial charge >= 0.3 is 6.18 Å². The number of alkyl halides is 3. The Labute approximate surface area is 154 Å². The molecule has 1 aromatic carbocycles. The standard InChI is InChI=1S/C19H19F3N2OS/c20-19(21,22)14-10-8-13(9-11-14)17(26-15-5-1-2-6-15)18(25)24-16-7-3-4-12-23-16/h3-4,7-12,15,17H,1-2,5-6H2,(H,23,24,25). The summed E-state index contributed by atoms with van der Waals surface area (Å²) in [5.74, 6) is 0.168. The molecule has 1 aliphatic carbocycles. The van der Waals surface area contributed by atoms with Gasteiger partial charge in [0.25, 0.3) is 0 Å². The van der Waals surface area contributed by atoms with E-state index in [4.69, 9.17) is 0 Å². The molecule has 7 heteroatoms. The number of hydrogen-bond donors (Lipinski definition) is 1. The van der Waals surface area contributed by atoms with Crippen LogP contribution in [0, 0.1) is 0 Å². The van der Waals surface area contributed by atoms with Gasteiger partial charge in [-0.25, -0.2) is 4.98 Å². The Hall–Kier alpha value is -2.02. The number of nitrogens with one attached hydrogen (secondary N) is 1. The number of hydrogen-bond acceptors (Lipinski definition) is 3. The van der Waals surface area contributed by atoms with Crippen molar-refractivity contribution in [3.8, 4) is 0 Å². The lowest BCUT2D eigenvalue weighted by atomic mass is 10.1. The first-order valence-electron chi connectivity index (χ1n) is 8.48. The number of halogens is 3. The van der Waals surface area contributed by atoms with Crippen LogP contribution in [0.3, 0.4) is 0 Å². The summed E-state index contributed by atoms with van der Waals surface area (Å²) in [4.78, 5) is 16.9. The van der Waals surface area contributed by atoms with Crippen molar-refractivity contribution < 1.29 is 18.0 Å². The van der Waals surface area contributed by atoms with Crippen molar-refractivity contribution in [2.75, 3.05) is 5.32 Å². The van der Waals surface area contributed by atoms with Gasteiger partial charge in [0, 0.05) is 11.4 Å². The van der Waals surface area contributed by atoms with Crippen LogP contribution in [0.4, 0.5) is 19.0 Å². The van der Waals surface area contributed by atoms with Gasteiger partial charge in [0.15, 0.2) is 0 Å². The van der Waals surface area contributed by atoms with E-state index < -0.39 is 17.0 Å². The van der Waals surface area contributed by atoms with Crippen molar-refractivity contribution in [3.05, 3.63) is 59.8 Å². The molecule has 26 heavy (non-hydrogen) atoms. The first-order valence-corrected chi connectivity index (χ1v) is 9.42. The zero-order chi connectivity index (χ0) is 18.6. The average Bonchev–Trinajstić information content (AvgIpc) is 3.13. The lowest BCUT2D eigenvalue weighted by Gasteiger charge is -2.20. The van der Waals surface area contributed by atoms with Crippen LogP contribution in [-0.4, -0.2) is 16.1 Å². The number of pyridine rings is 1. The molecule has 3 rings (SSSR count). The Bertz CT molecular complexity index is 729. The second-order valence-corrected chi connectivity index (χ2v) is 7.66. The summed E-state index contributed by atoms with van der Waals surface area (Å²) in [6, 6.07) is 10.1. The van der Waals surface area contributed by atoms with Crippen LogP contribution < -0.4 is 5.32 Å². The van der Waals surface area contributed by atoms with Crippen LogP contribution in [0.5, 0.6) is 0 Å². The maximum Gasteiger partial charge on any atom is 0.416 e. The SMILES string of the molecule is O=C(Nc1ccccn1)C(SC1CCCC1)c1ccc(C(F)(F)F)cc1. The highest BCUT2D eigenvalue weighted by Crippen LogP contribution is 2.41. The molecule has 3 nitrogen and oxygen atoms in total. The Morgan fingerprint density at radius 1 is 1.12 bits per heavy atom. The largest absolute Gasteiger partial charge is 0.416 e. The molecule has 138 valence electrons. The number of anilines is 1. The molecule has 0 saturated heterocycles. The molecule has 1 N–H and O–H groups in total. The molecule has 1 aliphatic rings. The summed E-state index contributed by atoms with van der Waals surface area (Å²) in [6.07, 6.45) is 1.49. The average molecular weight is 380 g/mol. The fraction of sp³-hybridized carbons (Fsp3) is 0.368. The predicted octanol–water partition coefficient (Wildman–Crippen LogP) is 5.46. The highest BCUT2D eigenvalue weighted by atomic mass is 32.2. The van der Waals surface area contributed by atoms with Crippen molar-refractivity contribution in [2.24, 2.45) is 0 Å². The first kappa shape index (κ1) is 18.8. The highest BCUT2D eigenvalue weighted by molar-refractivity contribution is 8.00. The molecule has 0 aliphatic heterocycles. The molecule has 1 unspecified atom stereocenters. The van der Waals surface area contributed by atoms with E-state index in [1.165, 1.54) is 23.9 Å². The van der Waals surface area contributed by atoms with Gasteiger partial charge in [-0.2, -0.15) is 13.2 Å². The molecule has 0 bridgehead atoms. The molecule has 2 aromatic rings. The van der Waals surface area contributed by atoms with Crippen LogP contribution in [0.25, 0.3) is 0 Å². The van der Waals surface area contributed by atoms with E-state index in [-0.39, 0.29) is 5.91 Å². The van der Waals surface area contributed by atoms with Crippen molar-refractivity contribution in [2.45, 2.75) is 42.4 Å². The molecule has 1 saturated carbocycles. The summed E-state index contributed by atoms with van der Waals surface area (Å²) < 4.78 is 38.4. The Morgan fingerprint density at radius 2 is 1.81 bits per heavy atom. The van der Waals surface area contributed by atoms with Gasteiger partial charge in [-0.1, -0.05) is 31.0 Å². The van der Waals surface area contributed by atoms with Gasteiger partial charge in [0.1, 0.15) is 11.1 Å². The smallest absolute Gasteiger partial charge is 0.309 e. The van der Waals surface area contributed by atoms with E-state index in [1.807, 2.05) is 0 Å². The number of aromatic nitrogens is 1. The third-order valence-electron chi connectivity index (χ3n) is 4.33. The zero-order valence-electron chi connectivity index (χ0n) is 14.0. The summed E-state index contributed by atoms with van der Waals surface area (Å²) in [5.41, 5.74) is -0.140. The van der Waals surface area contributed by atoms with Gasteiger partial charge in [-0.15, -0.1) is 11.8 Å². The predicted molar refractivity (Wildman–Crippen MR) is 96.9 cm³/mol. The minimum absolute atomic E-state index is 0.264. The minimum Gasteiger partial charge on any atom is -0.309 e. The quantitative estimate of drug-likeness (QED) is 0.749. The summed E-state index contributed by atoms with van der Waals surface area (Å²) in [6.45, 7) is 0. The number of nitrogens with zero attached hydrogens (tertiary/aromatic N) is 1. The normalized spacial score (nSPS) is 16.4. The molecule has 1 fully saturated rings. The van der Waals surface area contributed by atoms with Gasteiger partial charge in [-0.3, -0.25) is 4.79 Å². The van der Waals surface area contributed by atoms with Crippen LogP contribution in [0.15, 0.2) is 48.7 Å². The van der Waals surface area contributed by atoms with Gasteiger partial charge in [0.2, 0.25) is 5.91 Å². The van der Waals surface area contributed by atoms with Crippen molar-refractivity contribution in [1.82, 2.24) is 4.98 Å². The van der Waals surface area contributed by atoms with Crippen LogP contribution in [0.1, 0.15) is 42.1 Å². The molecule has 1 heterocycles. The van der Waals surface area contributed by atoms with Gasteiger partial charge in [0.05, 0.1) is 5.56 Å². The number of rotatable bonds is 5. The van der Waals surface area contributed by atoms with Crippen LogP contribution >= 0.6 is 11.8 Å². The second-order valence-electron chi connectivity index (χ2n) is 6.25. The van der Waals surface area contributed by atoms with Crippen molar-refractivity contribution in [1.29, 1.82) is 0 Å². The maximum absolute atomic E-state index is 12.8. The molecule has 1 atom stereocenters. The maximum atomic E-state index is 12.8. The van der Waals surface area contributed by atoms with Crippen LogP contribution in [0.2, 0.25) is 0 Å². The molecule has 1 aromatic heterocycles. The topological polar surface area (TPSA) is 42.0 Å². The Kier molecular flexibility index (Phi) is 5.86. The van der Waals surface area contributed by atoms with Gasteiger partial charge in [-0.05, 0) is 42.7 Å². The number of thioether (sulfide) groups is 1. The highest BCUT2D eigenvalue weighted by Gasteiger charge is 2.32. The van der Waals surface area contributed by atoms with E-state index in [1.54, 1.807) is 24.4 Å². The van der Waals surface area contributed by atoms with E-state index in [9.17, 15) is 18.0 Å². The van der Waals surface area contributed by atoms with E-state index in [2.05, 4.69) is 10.3 Å². The lowest BCUT2D eigenvalue weighted by molar-refractivity contribution is -0.137. The number of benzene rings is 1. The third-order valence-corrected chi connectivity index (χ3v) is 5.94. The fourth-order valence-corrected chi connectivity index (χ4v) is 4.47. The minimum atomic E-state index is -4.39. The summed E-state index contributed by atoms with van der Waals surface area (Å²) >= 11 is 1.53. The summed E-state index contributed by atoms with van der Waals surface area (Å²) in [7, 11) is 0. The zero-order valence-corrected chi connectivity index (χ0v) is 14.8. The number of amides is 1. The lowest BCUT2D eigenvalue weighted by Crippen LogP contribution is -2.21. The summed E-state index contributed by atoms with van der Waals surface area (Å²) in [5, 5.41) is 2.54. The number of carbonyl (C=O) groups excluding carboxylic acids is 1. The first-order chi connectivity index (χ1) is 12.4. The van der Waals surface area contributed by atoms with E-state index in [0.29, 0.717) is 16.6 Å². The Morgan fingerprint density at radius 3 is 2.38 bits per heavy atom. The Balaban J connectivity index is 1.81. The van der Waals surface area contributed by atoms with Crippen molar-refractivity contribution >= 4 is 23.5 Å². The molecule has 1 amide bonds. The molecule has 0 spiro atoms.